The van der Waals surface area contributed by atoms with Gasteiger partial charge in [-0.15, -0.1) is 0 Å². The van der Waals surface area contributed by atoms with Crippen LogP contribution in [-0.4, -0.2) is 55.9 Å². The van der Waals surface area contributed by atoms with E-state index in [4.69, 9.17) is 4.74 Å². The number of nitrogens with zero attached hydrogens (tertiary/aromatic N) is 1. The van der Waals surface area contributed by atoms with Gasteiger partial charge < -0.3 is 20.3 Å². The molecule has 1 aliphatic heterocycles. The van der Waals surface area contributed by atoms with Crippen LogP contribution in [-0.2, 0) is 4.74 Å². The van der Waals surface area contributed by atoms with Crippen LogP contribution >= 0.6 is 0 Å². The molecule has 0 spiro atoms. The fraction of sp³-hybridized carbons (Fsp3) is 0.933. The minimum Gasteiger partial charge on any atom is -0.376 e. The summed E-state index contributed by atoms with van der Waals surface area (Å²) in [4.78, 5) is 14.2. The van der Waals surface area contributed by atoms with Crippen molar-refractivity contribution in [3.8, 4) is 0 Å². The molecule has 1 saturated carbocycles. The third kappa shape index (κ3) is 4.63. The Labute approximate surface area is 122 Å². The smallest absolute Gasteiger partial charge is 0.315 e. The lowest BCUT2D eigenvalue weighted by Gasteiger charge is -2.24. The molecule has 2 aliphatic rings. The van der Waals surface area contributed by atoms with Crippen LogP contribution in [0.15, 0.2) is 0 Å². The van der Waals surface area contributed by atoms with E-state index in [-0.39, 0.29) is 18.2 Å². The first kappa shape index (κ1) is 15.6. The second-order valence-electron chi connectivity index (χ2n) is 6.16. The molecule has 1 heterocycles. The highest BCUT2D eigenvalue weighted by molar-refractivity contribution is 5.74. The molecule has 0 bridgehead atoms. The quantitative estimate of drug-likeness (QED) is 0.780. The first-order valence-electron chi connectivity index (χ1n) is 8.03. The number of hydrogen-bond acceptors (Lipinski definition) is 3. The first-order chi connectivity index (χ1) is 9.66. The van der Waals surface area contributed by atoms with E-state index in [1.807, 2.05) is 6.92 Å². The number of likely N-dealkylation sites (N-methyl/N-ethyl adjacent to an activating group) is 1. The molecule has 2 rings (SSSR count). The minimum absolute atomic E-state index is 0.0761. The number of carbonyl (C=O) groups is 1. The van der Waals surface area contributed by atoms with Crippen molar-refractivity contribution in [1.82, 2.24) is 15.5 Å². The van der Waals surface area contributed by atoms with Crippen molar-refractivity contribution in [1.29, 1.82) is 0 Å². The van der Waals surface area contributed by atoms with Gasteiger partial charge in [-0.1, -0.05) is 12.8 Å². The largest absolute Gasteiger partial charge is 0.376 e. The van der Waals surface area contributed by atoms with Gasteiger partial charge in [-0.05, 0) is 39.7 Å². The Hall–Kier alpha value is -0.810. The van der Waals surface area contributed by atoms with E-state index < -0.39 is 0 Å². The van der Waals surface area contributed by atoms with E-state index in [0.29, 0.717) is 12.6 Å². The lowest BCUT2D eigenvalue weighted by atomic mass is 10.1. The van der Waals surface area contributed by atoms with E-state index in [1.165, 1.54) is 25.7 Å². The summed E-state index contributed by atoms with van der Waals surface area (Å²) >= 11 is 0. The Morgan fingerprint density at radius 1 is 1.30 bits per heavy atom. The van der Waals surface area contributed by atoms with E-state index >= 15 is 0 Å². The van der Waals surface area contributed by atoms with Crippen LogP contribution in [0.5, 0.6) is 0 Å². The van der Waals surface area contributed by atoms with Crippen LogP contribution in [0.2, 0.25) is 0 Å². The molecule has 0 aromatic carbocycles. The van der Waals surface area contributed by atoms with Crippen LogP contribution in [0.1, 0.15) is 45.4 Å². The standard InChI is InChI=1S/C15H29N3O2/c1-12(14-8-5-11-20-14)17-15(19)16-9-10-18(2)13-6-3-4-7-13/h12-14H,3-11H2,1-2H3,(H2,16,17,19)/t12-,14-/m1/s1. The minimum atomic E-state index is -0.0761. The van der Waals surface area contributed by atoms with Crippen molar-refractivity contribution in [2.24, 2.45) is 0 Å². The van der Waals surface area contributed by atoms with Gasteiger partial charge in [0.1, 0.15) is 0 Å². The van der Waals surface area contributed by atoms with Gasteiger partial charge in [0.15, 0.2) is 0 Å². The highest BCUT2D eigenvalue weighted by atomic mass is 16.5. The van der Waals surface area contributed by atoms with Crippen LogP contribution in [0.4, 0.5) is 4.79 Å². The van der Waals surface area contributed by atoms with Crippen molar-refractivity contribution >= 4 is 6.03 Å². The summed E-state index contributed by atoms with van der Waals surface area (Å²) in [6, 6.07) is 0.726. The van der Waals surface area contributed by atoms with E-state index in [0.717, 1.165) is 26.0 Å². The zero-order valence-electron chi connectivity index (χ0n) is 12.9. The normalized spacial score (nSPS) is 25.1. The molecule has 1 saturated heterocycles. The molecule has 0 aromatic rings. The summed E-state index contributed by atoms with van der Waals surface area (Å²) < 4.78 is 5.58. The highest BCUT2D eigenvalue weighted by Gasteiger charge is 2.23. The maximum Gasteiger partial charge on any atom is 0.315 e. The Kier molecular flexibility index (Phi) is 6.10. The Balaban J connectivity index is 1.57. The van der Waals surface area contributed by atoms with Gasteiger partial charge in [0.05, 0.1) is 12.1 Å². The fourth-order valence-electron chi connectivity index (χ4n) is 3.22. The van der Waals surface area contributed by atoms with E-state index in [9.17, 15) is 4.79 Å². The molecular formula is C15H29N3O2. The molecule has 0 aromatic heterocycles. The van der Waals surface area contributed by atoms with Gasteiger partial charge in [0.25, 0.3) is 0 Å². The molecule has 0 unspecified atom stereocenters. The Bertz CT molecular complexity index is 299. The Morgan fingerprint density at radius 2 is 2.05 bits per heavy atom. The Morgan fingerprint density at radius 3 is 2.70 bits per heavy atom. The van der Waals surface area contributed by atoms with Crippen LogP contribution in [0, 0.1) is 0 Å². The molecule has 2 amide bonds. The molecule has 1 aliphatic carbocycles. The highest BCUT2D eigenvalue weighted by Crippen LogP contribution is 2.21. The summed E-state index contributed by atoms with van der Waals surface area (Å²) in [7, 11) is 2.16. The van der Waals surface area contributed by atoms with E-state index in [2.05, 4.69) is 22.6 Å². The van der Waals surface area contributed by atoms with Crippen molar-refractivity contribution < 1.29 is 9.53 Å². The van der Waals surface area contributed by atoms with E-state index in [1.54, 1.807) is 0 Å². The van der Waals surface area contributed by atoms with Crippen molar-refractivity contribution in [2.45, 2.75) is 63.6 Å². The van der Waals surface area contributed by atoms with Crippen molar-refractivity contribution in [2.75, 3.05) is 26.7 Å². The number of nitrogens with one attached hydrogen (secondary N) is 2. The zero-order chi connectivity index (χ0) is 14.4. The molecule has 5 nitrogen and oxygen atoms in total. The predicted octanol–water partition coefficient (Wildman–Crippen LogP) is 1.73. The maximum absolute atomic E-state index is 11.8. The zero-order valence-corrected chi connectivity index (χ0v) is 12.9. The molecule has 2 atom stereocenters. The topological polar surface area (TPSA) is 53.6 Å². The second-order valence-corrected chi connectivity index (χ2v) is 6.16. The van der Waals surface area contributed by atoms with Crippen LogP contribution < -0.4 is 10.6 Å². The molecule has 5 heteroatoms. The number of rotatable bonds is 6. The molecule has 0 radical (unpaired) electrons. The average molecular weight is 283 g/mol. The molecule has 2 fully saturated rings. The lowest BCUT2D eigenvalue weighted by molar-refractivity contribution is 0.0860. The fourth-order valence-corrected chi connectivity index (χ4v) is 3.22. The first-order valence-corrected chi connectivity index (χ1v) is 8.03. The third-order valence-corrected chi connectivity index (χ3v) is 4.58. The van der Waals surface area contributed by atoms with Crippen LogP contribution in [0.25, 0.3) is 0 Å². The molecular weight excluding hydrogens is 254 g/mol. The molecule has 20 heavy (non-hydrogen) atoms. The summed E-state index contributed by atoms with van der Waals surface area (Å²) in [6.45, 7) is 4.47. The number of ether oxygens (including phenoxy) is 1. The average Bonchev–Trinajstić information content (AvgIpc) is 3.12. The van der Waals surface area contributed by atoms with Gasteiger partial charge in [0, 0.05) is 25.7 Å². The number of urea groups is 1. The maximum atomic E-state index is 11.8. The van der Waals surface area contributed by atoms with Gasteiger partial charge >= 0.3 is 6.03 Å². The number of hydrogen-bond donors (Lipinski definition) is 2. The summed E-state index contributed by atoms with van der Waals surface area (Å²) in [5, 5.41) is 5.92. The van der Waals surface area contributed by atoms with Crippen LogP contribution in [0.3, 0.4) is 0 Å². The second kappa shape index (κ2) is 7.84. The van der Waals surface area contributed by atoms with Crippen molar-refractivity contribution in [3.63, 3.8) is 0 Å². The summed E-state index contributed by atoms with van der Waals surface area (Å²) in [5.74, 6) is 0. The van der Waals surface area contributed by atoms with Gasteiger partial charge in [-0.25, -0.2) is 4.79 Å². The molecule has 2 N–H and O–H groups in total. The lowest BCUT2D eigenvalue weighted by Crippen LogP contribution is -2.47. The number of carbonyl (C=O) groups excluding carboxylic acids is 1. The monoisotopic (exact) mass is 283 g/mol. The van der Waals surface area contributed by atoms with Gasteiger partial charge in [0.2, 0.25) is 0 Å². The summed E-state index contributed by atoms with van der Waals surface area (Å²) in [5.41, 5.74) is 0. The van der Waals surface area contributed by atoms with Gasteiger partial charge in [-0.2, -0.15) is 0 Å². The van der Waals surface area contributed by atoms with Gasteiger partial charge in [-0.3, -0.25) is 0 Å². The van der Waals surface area contributed by atoms with Crippen molar-refractivity contribution in [3.05, 3.63) is 0 Å². The predicted molar refractivity (Wildman–Crippen MR) is 79.9 cm³/mol. The number of amides is 2. The molecule has 116 valence electrons. The third-order valence-electron chi connectivity index (χ3n) is 4.58. The summed E-state index contributed by atoms with van der Waals surface area (Å²) in [6.07, 6.45) is 7.64. The SMILES string of the molecule is C[C@@H](NC(=O)NCCN(C)C1CCCC1)[C@H]1CCCO1.